The normalized spacial score (nSPS) is 10.6. The lowest BCUT2D eigenvalue weighted by atomic mass is 10.2. The van der Waals surface area contributed by atoms with Gasteiger partial charge in [0.25, 0.3) is 0 Å². The van der Waals surface area contributed by atoms with Gasteiger partial charge in [0.05, 0.1) is 20.0 Å². The first-order chi connectivity index (χ1) is 16.2. The fraction of sp³-hybridized carbons (Fsp3) is 0.160. The Morgan fingerprint density at radius 3 is 2.33 bits per heavy atom. The Hall–Kier alpha value is -3.78. The third-order valence-corrected chi connectivity index (χ3v) is 5.90. The number of benzene rings is 3. The average Bonchev–Trinajstić information content (AvgIpc) is 3.31. The monoisotopic (exact) mass is 460 g/mol. The van der Waals surface area contributed by atoms with E-state index < -0.39 is 0 Å². The number of para-hydroxylation sites is 2. The van der Waals surface area contributed by atoms with Gasteiger partial charge >= 0.3 is 0 Å². The van der Waals surface area contributed by atoms with Gasteiger partial charge in [0.2, 0.25) is 5.91 Å². The third-order valence-electron chi connectivity index (χ3n) is 4.97. The summed E-state index contributed by atoms with van der Waals surface area (Å²) in [6.45, 7) is 0.334. The van der Waals surface area contributed by atoms with Crippen molar-refractivity contribution in [3.8, 4) is 28.6 Å². The second-order valence-corrected chi connectivity index (χ2v) is 8.00. The molecule has 4 rings (SSSR count). The molecular weight excluding hydrogens is 436 g/mol. The van der Waals surface area contributed by atoms with E-state index in [0.717, 1.165) is 22.6 Å². The topological polar surface area (TPSA) is 78.3 Å². The molecule has 0 aliphatic carbocycles. The molecule has 1 amide bonds. The van der Waals surface area contributed by atoms with Gasteiger partial charge in [-0.25, -0.2) is 0 Å². The van der Waals surface area contributed by atoms with Crippen molar-refractivity contribution in [1.29, 1.82) is 0 Å². The van der Waals surface area contributed by atoms with Crippen molar-refractivity contribution in [3.63, 3.8) is 0 Å². The van der Waals surface area contributed by atoms with Gasteiger partial charge in [-0.05, 0) is 18.2 Å². The zero-order chi connectivity index (χ0) is 23.0. The fourth-order valence-corrected chi connectivity index (χ4v) is 4.20. The summed E-state index contributed by atoms with van der Waals surface area (Å²) in [6, 6.07) is 25.3. The predicted molar refractivity (Wildman–Crippen MR) is 129 cm³/mol. The van der Waals surface area contributed by atoms with Gasteiger partial charge in [0.1, 0.15) is 0 Å². The van der Waals surface area contributed by atoms with E-state index in [-0.39, 0.29) is 11.7 Å². The zero-order valence-corrected chi connectivity index (χ0v) is 19.2. The molecule has 3 aromatic carbocycles. The van der Waals surface area contributed by atoms with Crippen molar-refractivity contribution in [3.05, 3.63) is 84.4 Å². The van der Waals surface area contributed by atoms with Crippen LogP contribution in [-0.2, 0) is 11.3 Å². The van der Waals surface area contributed by atoms with E-state index >= 15 is 0 Å². The molecule has 7 nitrogen and oxygen atoms in total. The van der Waals surface area contributed by atoms with Crippen LogP contribution in [0.15, 0.2) is 84.0 Å². The highest BCUT2D eigenvalue weighted by atomic mass is 32.2. The van der Waals surface area contributed by atoms with E-state index in [0.29, 0.717) is 23.2 Å². The van der Waals surface area contributed by atoms with Crippen molar-refractivity contribution in [2.45, 2.75) is 11.7 Å². The van der Waals surface area contributed by atoms with E-state index in [1.165, 1.54) is 11.8 Å². The van der Waals surface area contributed by atoms with Gasteiger partial charge < -0.3 is 14.8 Å². The molecule has 0 radical (unpaired) electrons. The van der Waals surface area contributed by atoms with Crippen LogP contribution in [0, 0.1) is 0 Å². The van der Waals surface area contributed by atoms with Gasteiger partial charge in [-0.3, -0.25) is 9.36 Å². The lowest BCUT2D eigenvalue weighted by Gasteiger charge is -2.13. The number of methoxy groups -OCH3 is 2. The molecule has 8 heteroatoms. The van der Waals surface area contributed by atoms with Crippen LogP contribution in [0.3, 0.4) is 0 Å². The molecule has 33 heavy (non-hydrogen) atoms. The van der Waals surface area contributed by atoms with Gasteiger partial charge in [0, 0.05) is 23.4 Å². The highest BCUT2D eigenvalue weighted by Gasteiger charge is 2.17. The quantitative estimate of drug-likeness (QED) is 0.374. The van der Waals surface area contributed by atoms with Crippen molar-refractivity contribution >= 4 is 17.7 Å². The maximum Gasteiger partial charge on any atom is 0.230 e. The maximum absolute atomic E-state index is 12.6. The highest BCUT2D eigenvalue weighted by molar-refractivity contribution is 7.99. The number of ether oxygens (including phenoxy) is 2. The first kappa shape index (κ1) is 22.4. The van der Waals surface area contributed by atoms with Crippen LogP contribution in [-0.4, -0.2) is 40.6 Å². The molecule has 0 unspecified atom stereocenters. The first-order valence-electron chi connectivity index (χ1n) is 10.4. The van der Waals surface area contributed by atoms with Gasteiger partial charge in [-0.1, -0.05) is 72.4 Å². The molecule has 0 saturated heterocycles. The number of aromatic nitrogens is 3. The lowest BCUT2D eigenvalue weighted by molar-refractivity contribution is -0.118. The summed E-state index contributed by atoms with van der Waals surface area (Å²) < 4.78 is 12.7. The number of carbonyl (C=O) groups is 1. The van der Waals surface area contributed by atoms with Gasteiger partial charge in [-0.15, -0.1) is 10.2 Å². The fourth-order valence-electron chi connectivity index (χ4n) is 3.42. The van der Waals surface area contributed by atoms with Gasteiger partial charge in [-0.2, -0.15) is 0 Å². The summed E-state index contributed by atoms with van der Waals surface area (Å²) in [4.78, 5) is 12.6. The number of hydrogen-bond donors (Lipinski definition) is 1. The second-order valence-electron chi connectivity index (χ2n) is 7.06. The molecule has 0 saturated carbocycles. The number of carbonyl (C=O) groups excluding carboxylic acids is 1. The number of nitrogens with one attached hydrogen (secondary N) is 1. The molecule has 0 bridgehead atoms. The second kappa shape index (κ2) is 10.7. The smallest absolute Gasteiger partial charge is 0.230 e. The average molecular weight is 461 g/mol. The number of hydrogen-bond acceptors (Lipinski definition) is 6. The predicted octanol–water partition coefficient (Wildman–Crippen LogP) is 4.36. The minimum atomic E-state index is -0.117. The Bertz CT molecular complexity index is 1210. The van der Waals surface area contributed by atoms with E-state index in [2.05, 4.69) is 15.5 Å². The summed E-state index contributed by atoms with van der Waals surface area (Å²) in [5, 5.41) is 12.4. The van der Waals surface area contributed by atoms with Crippen LogP contribution in [0.1, 0.15) is 5.56 Å². The van der Waals surface area contributed by atoms with Crippen molar-refractivity contribution < 1.29 is 14.3 Å². The van der Waals surface area contributed by atoms with Crippen molar-refractivity contribution in [2.75, 3.05) is 20.0 Å². The van der Waals surface area contributed by atoms with E-state index in [4.69, 9.17) is 9.47 Å². The van der Waals surface area contributed by atoms with E-state index in [1.54, 1.807) is 14.2 Å². The molecule has 0 spiro atoms. The van der Waals surface area contributed by atoms with Crippen molar-refractivity contribution in [2.24, 2.45) is 0 Å². The van der Waals surface area contributed by atoms with Crippen LogP contribution in [0.5, 0.6) is 11.5 Å². The minimum Gasteiger partial charge on any atom is -0.493 e. The summed E-state index contributed by atoms with van der Waals surface area (Å²) in [7, 11) is 3.17. The molecule has 0 atom stereocenters. The highest BCUT2D eigenvalue weighted by Crippen LogP contribution is 2.31. The molecule has 0 aliphatic heterocycles. The van der Waals surface area contributed by atoms with Crippen LogP contribution in [0.25, 0.3) is 17.1 Å². The van der Waals surface area contributed by atoms with Crippen LogP contribution in [0.2, 0.25) is 0 Å². The molecule has 1 N–H and O–H groups in total. The molecule has 1 heterocycles. The number of rotatable bonds is 9. The van der Waals surface area contributed by atoms with Crippen LogP contribution in [0.4, 0.5) is 0 Å². The zero-order valence-electron chi connectivity index (χ0n) is 18.4. The Balaban J connectivity index is 1.49. The van der Waals surface area contributed by atoms with E-state index in [9.17, 15) is 4.79 Å². The molecule has 0 fully saturated rings. The summed E-state index contributed by atoms with van der Waals surface area (Å²) in [5.41, 5.74) is 2.73. The molecule has 0 aliphatic rings. The number of thioether (sulfide) groups is 1. The third kappa shape index (κ3) is 5.18. The summed E-state index contributed by atoms with van der Waals surface area (Å²) in [6.07, 6.45) is 0. The maximum atomic E-state index is 12.6. The summed E-state index contributed by atoms with van der Waals surface area (Å²) in [5.74, 6) is 2.05. The molecule has 168 valence electrons. The summed E-state index contributed by atoms with van der Waals surface area (Å²) >= 11 is 1.34. The van der Waals surface area contributed by atoms with Crippen molar-refractivity contribution in [1.82, 2.24) is 20.1 Å². The molecular formula is C25H24N4O3S. The first-order valence-corrected chi connectivity index (χ1v) is 11.4. The molecule has 4 aromatic rings. The van der Waals surface area contributed by atoms with Crippen LogP contribution < -0.4 is 14.8 Å². The Labute approximate surface area is 196 Å². The lowest BCUT2D eigenvalue weighted by Crippen LogP contribution is -2.25. The SMILES string of the molecule is COc1cccc(CNC(=O)CSc2nnc(-c3ccccc3)n2-c2ccccc2)c1OC. The Kier molecular flexibility index (Phi) is 7.26. The standard InChI is InChI=1S/C25H24N4O3S/c1-31-21-15-9-12-19(23(21)32-2)16-26-22(30)17-33-25-28-27-24(18-10-5-3-6-11-18)29(25)20-13-7-4-8-14-20/h3-15H,16-17H2,1-2H3,(H,26,30). The van der Waals surface area contributed by atoms with Gasteiger partial charge in [0.15, 0.2) is 22.5 Å². The Morgan fingerprint density at radius 1 is 0.909 bits per heavy atom. The van der Waals surface area contributed by atoms with Crippen LogP contribution >= 0.6 is 11.8 Å². The largest absolute Gasteiger partial charge is 0.493 e. The Morgan fingerprint density at radius 2 is 1.64 bits per heavy atom. The number of amides is 1. The molecule has 1 aromatic heterocycles. The van der Waals surface area contributed by atoms with E-state index in [1.807, 2.05) is 83.4 Å². The number of nitrogens with zero attached hydrogens (tertiary/aromatic N) is 3. The minimum absolute atomic E-state index is 0.117.